The van der Waals surface area contributed by atoms with Crippen molar-refractivity contribution in [3.8, 4) is 0 Å². The number of methoxy groups -OCH3 is 1. The summed E-state index contributed by atoms with van der Waals surface area (Å²) in [5.74, 6) is -0.168. The van der Waals surface area contributed by atoms with E-state index in [-0.39, 0.29) is 17.8 Å². The minimum Gasteiger partial charge on any atom is -0.467 e. The van der Waals surface area contributed by atoms with Crippen molar-refractivity contribution in [2.75, 3.05) is 20.2 Å². The van der Waals surface area contributed by atoms with Gasteiger partial charge in [-0.25, -0.2) is 4.79 Å². The van der Waals surface area contributed by atoms with E-state index in [1.165, 1.54) is 26.4 Å². The molecule has 0 spiro atoms. The molecule has 0 bridgehead atoms. The van der Waals surface area contributed by atoms with E-state index in [9.17, 15) is 9.59 Å². The van der Waals surface area contributed by atoms with Gasteiger partial charge in [-0.1, -0.05) is 30.7 Å². The van der Waals surface area contributed by atoms with Gasteiger partial charge >= 0.3 is 5.97 Å². The van der Waals surface area contributed by atoms with E-state index < -0.39 is 6.04 Å². The van der Waals surface area contributed by atoms with Gasteiger partial charge in [0.2, 0.25) is 5.91 Å². The molecule has 5 heteroatoms. The average molecular weight is 342 g/mol. The summed E-state index contributed by atoms with van der Waals surface area (Å²) in [4.78, 5) is 29.9. The molecule has 1 amide bonds. The van der Waals surface area contributed by atoms with Gasteiger partial charge in [-0.15, -0.1) is 0 Å². The van der Waals surface area contributed by atoms with E-state index in [4.69, 9.17) is 4.74 Å². The smallest absolute Gasteiger partial charge is 0.328 e. The Morgan fingerprint density at radius 1 is 1.16 bits per heavy atom. The molecule has 134 valence electrons. The number of amides is 1. The number of carbonyl (C=O) groups is 2. The van der Waals surface area contributed by atoms with E-state index in [1.54, 1.807) is 4.90 Å². The van der Waals surface area contributed by atoms with Gasteiger partial charge in [0.25, 0.3) is 0 Å². The van der Waals surface area contributed by atoms with Gasteiger partial charge < -0.3 is 9.64 Å². The van der Waals surface area contributed by atoms with Crippen LogP contribution in [0.15, 0.2) is 24.3 Å². The lowest BCUT2D eigenvalue weighted by atomic mass is 9.91. The molecule has 0 aromatic heterocycles. The molecule has 0 saturated carbocycles. The second-order valence-corrected chi connectivity index (χ2v) is 7.56. The number of ether oxygens (including phenoxy) is 1. The second kappa shape index (κ2) is 6.79. The zero-order valence-corrected chi connectivity index (χ0v) is 14.8. The third kappa shape index (κ3) is 3.06. The molecule has 3 heterocycles. The summed E-state index contributed by atoms with van der Waals surface area (Å²) in [6, 6.07) is 8.14. The van der Waals surface area contributed by atoms with Crippen LogP contribution in [0.1, 0.15) is 36.8 Å². The van der Waals surface area contributed by atoms with Crippen LogP contribution in [0.3, 0.4) is 0 Å². The van der Waals surface area contributed by atoms with Gasteiger partial charge in [-0.2, -0.15) is 0 Å². The van der Waals surface area contributed by atoms with E-state index in [0.29, 0.717) is 19.0 Å². The number of nitrogens with zero attached hydrogens (tertiary/aromatic N) is 2. The van der Waals surface area contributed by atoms with Crippen molar-refractivity contribution in [2.45, 2.75) is 50.7 Å². The monoisotopic (exact) mass is 342 g/mol. The van der Waals surface area contributed by atoms with Crippen LogP contribution in [0.25, 0.3) is 0 Å². The number of hydrogen-bond acceptors (Lipinski definition) is 4. The first kappa shape index (κ1) is 16.6. The van der Waals surface area contributed by atoms with Crippen molar-refractivity contribution < 1.29 is 14.3 Å². The van der Waals surface area contributed by atoms with Crippen molar-refractivity contribution >= 4 is 11.9 Å². The summed E-state index contributed by atoms with van der Waals surface area (Å²) in [5.41, 5.74) is 2.29. The Balaban J connectivity index is 1.56. The Labute approximate surface area is 148 Å². The average Bonchev–Trinajstić information content (AvgIpc) is 3.10. The summed E-state index contributed by atoms with van der Waals surface area (Å²) in [5, 5.41) is 0. The van der Waals surface area contributed by atoms with Gasteiger partial charge in [-0.05, 0) is 36.9 Å². The maximum Gasteiger partial charge on any atom is 0.328 e. The van der Waals surface area contributed by atoms with E-state index >= 15 is 0 Å². The number of fused-ring (bicyclic) bond motifs is 2. The molecule has 3 atom stereocenters. The minimum atomic E-state index is -0.495. The SMILES string of the molecule is COC(=O)[C@@H]1Cc2ccccc2CN1C(=O)[C@H]1C[C@H]2CCCCN2C1. The van der Waals surface area contributed by atoms with Crippen LogP contribution in [0.2, 0.25) is 0 Å². The maximum absolute atomic E-state index is 13.3. The molecular formula is C20H26N2O3. The lowest BCUT2D eigenvalue weighted by molar-refractivity contribution is -0.155. The Bertz CT molecular complexity index is 661. The number of esters is 1. The summed E-state index contributed by atoms with van der Waals surface area (Å²) in [6.07, 6.45) is 5.19. The van der Waals surface area contributed by atoms with Crippen LogP contribution in [0.5, 0.6) is 0 Å². The highest BCUT2D eigenvalue weighted by molar-refractivity contribution is 5.87. The first-order valence-corrected chi connectivity index (χ1v) is 9.36. The van der Waals surface area contributed by atoms with Crippen LogP contribution >= 0.6 is 0 Å². The summed E-state index contributed by atoms with van der Waals surface area (Å²) in [7, 11) is 1.40. The topological polar surface area (TPSA) is 49.9 Å². The van der Waals surface area contributed by atoms with Gasteiger partial charge in [-0.3, -0.25) is 9.69 Å². The predicted octanol–water partition coefficient (Wildman–Crippen LogP) is 1.99. The lowest BCUT2D eigenvalue weighted by Gasteiger charge is -2.36. The van der Waals surface area contributed by atoms with Gasteiger partial charge in [0, 0.05) is 25.6 Å². The van der Waals surface area contributed by atoms with Crippen molar-refractivity contribution in [3.63, 3.8) is 0 Å². The lowest BCUT2D eigenvalue weighted by Crippen LogP contribution is -2.51. The van der Waals surface area contributed by atoms with Gasteiger partial charge in [0.15, 0.2) is 0 Å². The van der Waals surface area contributed by atoms with Crippen LogP contribution in [-0.2, 0) is 27.3 Å². The van der Waals surface area contributed by atoms with Crippen LogP contribution in [0, 0.1) is 5.92 Å². The molecule has 0 N–H and O–H groups in total. The molecule has 0 radical (unpaired) electrons. The fraction of sp³-hybridized carbons (Fsp3) is 0.600. The zero-order chi connectivity index (χ0) is 17.4. The number of hydrogen-bond donors (Lipinski definition) is 0. The molecule has 4 rings (SSSR count). The fourth-order valence-electron chi connectivity index (χ4n) is 4.77. The summed E-state index contributed by atoms with van der Waals surface area (Å²) in [6.45, 7) is 2.46. The van der Waals surface area contributed by atoms with Crippen molar-refractivity contribution in [3.05, 3.63) is 35.4 Å². The van der Waals surface area contributed by atoms with E-state index in [2.05, 4.69) is 11.0 Å². The van der Waals surface area contributed by atoms with Crippen molar-refractivity contribution in [1.82, 2.24) is 9.80 Å². The molecule has 0 aliphatic carbocycles. The van der Waals surface area contributed by atoms with Gasteiger partial charge in [0.1, 0.15) is 6.04 Å². The Morgan fingerprint density at radius 2 is 1.96 bits per heavy atom. The van der Waals surface area contributed by atoms with Crippen LogP contribution in [-0.4, -0.2) is 54.0 Å². The van der Waals surface area contributed by atoms with Crippen LogP contribution < -0.4 is 0 Å². The number of piperidine rings is 1. The highest BCUT2D eigenvalue weighted by atomic mass is 16.5. The molecule has 0 unspecified atom stereocenters. The number of carbonyl (C=O) groups excluding carboxylic acids is 2. The fourth-order valence-corrected chi connectivity index (χ4v) is 4.77. The quantitative estimate of drug-likeness (QED) is 0.771. The maximum atomic E-state index is 13.3. The zero-order valence-electron chi connectivity index (χ0n) is 14.8. The Morgan fingerprint density at radius 3 is 2.72 bits per heavy atom. The van der Waals surface area contributed by atoms with Crippen molar-refractivity contribution in [2.24, 2.45) is 5.92 Å². The molecular weight excluding hydrogens is 316 g/mol. The van der Waals surface area contributed by atoms with Crippen LogP contribution in [0.4, 0.5) is 0 Å². The third-order valence-corrected chi connectivity index (χ3v) is 6.11. The van der Waals surface area contributed by atoms with E-state index in [0.717, 1.165) is 30.6 Å². The Hall–Kier alpha value is -1.88. The summed E-state index contributed by atoms with van der Waals surface area (Å²) >= 11 is 0. The highest BCUT2D eigenvalue weighted by Crippen LogP contribution is 2.33. The minimum absolute atomic E-state index is 0.0144. The summed E-state index contributed by atoms with van der Waals surface area (Å²) < 4.78 is 5.00. The predicted molar refractivity (Wildman–Crippen MR) is 93.8 cm³/mol. The van der Waals surface area contributed by atoms with E-state index in [1.807, 2.05) is 18.2 Å². The third-order valence-electron chi connectivity index (χ3n) is 6.11. The molecule has 25 heavy (non-hydrogen) atoms. The first-order valence-electron chi connectivity index (χ1n) is 9.36. The molecule has 5 nitrogen and oxygen atoms in total. The second-order valence-electron chi connectivity index (χ2n) is 7.56. The largest absolute Gasteiger partial charge is 0.467 e. The molecule has 3 aliphatic rings. The molecule has 1 aromatic carbocycles. The molecule has 2 saturated heterocycles. The molecule has 1 aromatic rings. The normalized spacial score (nSPS) is 29.0. The molecule has 3 aliphatic heterocycles. The van der Waals surface area contributed by atoms with Crippen molar-refractivity contribution in [1.29, 1.82) is 0 Å². The first-order chi connectivity index (χ1) is 12.2. The standard InChI is InChI=1S/C20H26N2O3/c1-25-20(24)18-11-14-6-2-3-7-15(14)13-22(18)19(23)16-10-17-8-4-5-9-21(17)12-16/h2-3,6-7,16-18H,4-5,8-13H2,1H3/t16-,17+,18-/m0/s1. The Kier molecular flexibility index (Phi) is 4.50. The number of rotatable bonds is 2. The number of benzene rings is 1. The van der Waals surface area contributed by atoms with Gasteiger partial charge in [0.05, 0.1) is 13.0 Å². The highest BCUT2D eigenvalue weighted by Gasteiger charge is 2.43. The molecule has 2 fully saturated rings.